The summed E-state index contributed by atoms with van der Waals surface area (Å²) >= 11 is 0. The molecule has 0 aliphatic heterocycles. The van der Waals surface area contributed by atoms with Crippen molar-refractivity contribution in [1.82, 2.24) is 0 Å². The summed E-state index contributed by atoms with van der Waals surface area (Å²) in [5.74, 6) is -0.269. The van der Waals surface area contributed by atoms with E-state index in [0.717, 1.165) is 0 Å². The number of hydrogen-bond donors (Lipinski definition) is 0. The minimum atomic E-state index is -2.08. The van der Waals surface area contributed by atoms with Crippen LogP contribution in [0.15, 0.2) is 24.6 Å². The van der Waals surface area contributed by atoms with Crippen LogP contribution in [0.4, 0.5) is 0 Å². The van der Waals surface area contributed by atoms with Crippen LogP contribution in [0.3, 0.4) is 0 Å². The fraction of sp³-hybridized carbons (Fsp3) is 0.286. The molecule has 0 amide bonds. The Bertz CT molecular complexity index is 155. The summed E-state index contributed by atoms with van der Waals surface area (Å²) in [4.78, 5) is 10.5. The molecule has 0 unspecified atom stereocenters. The summed E-state index contributed by atoms with van der Waals surface area (Å²) in [6.45, 7) is 10.4. The molecule has 0 aromatic carbocycles. The molecule has 0 radical (unpaired) electrons. The Morgan fingerprint density at radius 2 is 1.90 bits per heavy atom. The maximum absolute atomic E-state index is 10.5. The molecular formula is C7H12O2Si. The van der Waals surface area contributed by atoms with Crippen LogP contribution in [-0.4, -0.2) is 14.3 Å². The maximum Gasteiger partial charge on any atom is 0.300 e. The molecule has 0 N–H and O–H groups in total. The van der Waals surface area contributed by atoms with Gasteiger partial charge in [0.2, 0.25) is 0 Å². The van der Waals surface area contributed by atoms with Crippen LogP contribution in [0.2, 0.25) is 6.55 Å². The molecule has 10 heavy (non-hydrogen) atoms. The molecule has 0 bridgehead atoms. The van der Waals surface area contributed by atoms with Crippen molar-refractivity contribution in [3.05, 3.63) is 24.6 Å². The Morgan fingerprint density at radius 3 is 2.00 bits per heavy atom. The van der Waals surface area contributed by atoms with E-state index in [2.05, 4.69) is 13.2 Å². The van der Waals surface area contributed by atoms with Crippen molar-refractivity contribution in [2.45, 2.75) is 13.5 Å². The van der Waals surface area contributed by atoms with Crippen molar-refractivity contribution < 1.29 is 9.22 Å². The first-order valence-electron chi connectivity index (χ1n) is 3.01. The summed E-state index contributed by atoms with van der Waals surface area (Å²) < 4.78 is 5.00. The highest BCUT2D eigenvalue weighted by Gasteiger charge is 2.23. The van der Waals surface area contributed by atoms with Crippen LogP contribution in [0, 0.1) is 0 Å². The van der Waals surface area contributed by atoms with E-state index >= 15 is 0 Å². The van der Waals surface area contributed by atoms with Crippen molar-refractivity contribution in [3.63, 3.8) is 0 Å². The lowest BCUT2D eigenvalue weighted by Crippen LogP contribution is -2.31. The molecule has 0 aliphatic carbocycles. The molecule has 0 atom stereocenters. The lowest BCUT2D eigenvalue weighted by molar-refractivity contribution is -0.132. The molecule has 0 fully saturated rings. The summed E-state index contributed by atoms with van der Waals surface area (Å²) in [6, 6.07) is 0. The maximum atomic E-state index is 10.5. The van der Waals surface area contributed by atoms with Crippen LogP contribution in [0.5, 0.6) is 0 Å². The molecule has 0 saturated heterocycles. The second-order valence-electron chi connectivity index (χ2n) is 2.19. The SMILES string of the molecule is C=C[Si](C)(C=C)OC(C)=O. The number of carbonyl (C=O) groups excluding carboxylic acids is 1. The van der Waals surface area contributed by atoms with Crippen molar-refractivity contribution in [3.8, 4) is 0 Å². The van der Waals surface area contributed by atoms with E-state index < -0.39 is 8.32 Å². The third-order valence-electron chi connectivity index (χ3n) is 1.17. The van der Waals surface area contributed by atoms with E-state index in [9.17, 15) is 4.79 Å². The lowest BCUT2D eigenvalue weighted by atomic mass is 10.9. The fourth-order valence-corrected chi connectivity index (χ4v) is 1.43. The zero-order valence-corrected chi connectivity index (χ0v) is 7.39. The molecule has 0 aromatic heterocycles. The van der Waals surface area contributed by atoms with Crippen LogP contribution >= 0.6 is 0 Å². The first kappa shape index (κ1) is 9.17. The van der Waals surface area contributed by atoms with Crippen molar-refractivity contribution in [2.24, 2.45) is 0 Å². The van der Waals surface area contributed by atoms with Gasteiger partial charge in [0.15, 0.2) is 0 Å². The van der Waals surface area contributed by atoms with Gasteiger partial charge in [-0.05, 0) is 6.55 Å². The molecule has 2 nitrogen and oxygen atoms in total. The summed E-state index contributed by atoms with van der Waals surface area (Å²) in [6.07, 6.45) is 0. The molecule has 0 aliphatic rings. The van der Waals surface area contributed by atoms with Gasteiger partial charge in [-0.1, -0.05) is 11.4 Å². The van der Waals surface area contributed by atoms with Gasteiger partial charge in [-0.3, -0.25) is 4.79 Å². The van der Waals surface area contributed by atoms with Gasteiger partial charge < -0.3 is 4.43 Å². The van der Waals surface area contributed by atoms with Crippen molar-refractivity contribution in [1.29, 1.82) is 0 Å². The predicted molar refractivity (Wildman–Crippen MR) is 43.8 cm³/mol. The first-order chi connectivity index (χ1) is 4.54. The molecule has 0 heterocycles. The molecule has 0 aromatic rings. The minimum Gasteiger partial charge on any atom is -0.512 e. The molecular weight excluding hydrogens is 144 g/mol. The molecule has 0 saturated carbocycles. The summed E-state index contributed by atoms with van der Waals surface area (Å²) in [5, 5.41) is 0. The summed E-state index contributed by atoms with van der Waals surface area (Å²) in [7, 11) is -2.08. The van der Waals surface area contributed by atoms with Gasteiger partial charge in [0.1, 0.15) is 0 Å². The fourth-order valence-electron chi connectivity index (χ4n) is 0.476. The number of carbonyl (C=O) groups is 1. The normalized spacial score (nSPS) is 10.2. The standard InChI is InChI=1S/C7H12O2Si/c1-5-10(4,6-2)9-7(3)8/h5-6H,1-2H2,3-4H3. The smallest absolute Gasteiger partial charge is 0.300 e. The van der Waals surface area contributed by atoms with Gasteiger partial charge >= 0.3 is 0 Å². The average Bonchev–Trinajstić information content (AvgIpc) is 1.87. The highest BCUT2D eigenvalue weighted by atomic mass is 28.4. The molecule has 56 valence electrons. The number of rotatable bonds is 3. The second-order valence-corrected chi connectivity index (χ2v) is 5.57. The Morgan fingerprint density at radius 1 is 1.50 bits per heavy atom. The monoisotopic (exact) mass is 156 g/mol. The van der Waals surface area contributed by atoms with Gasteiger partial charge in [0, 0.05) is 6.92 Å². The van der Waals surface area contributed by atoms with Gasteiger partial charge in [-0.2, -0.15) is 0 Å². The summed E-state index contributed by atoms with van der Waals surface area (Å²) in [5.41, 5.74) is 3.34. The molecule has 0 spiro atoms. The van der Waals surface area contributed by atoms with E-state index in [-0.39, 0.29) is 5.97 Å². The predicted octanol–water partition coefficient (Wildman–Crippen LogP) is 1.58. The minimum absolute atomic E-state index is 0.269. The molecule has 3 heteroatoms. The van der Waals surface area contributed by atoms with Gasteiger partial charge in [0.05, 0.1) is 0 Å². The van der Waals surface area contributed by atoms with Crippen LogP contribution in [0.25, 0.3) is 0 Å². The quantitative estimate of drug-likeness (QED) is 0.580. The van der Waals surface area contributed by atoms with E-state index in [1.807, 2.05) is 6.55 Å². The van der Waals surface area contributed by atoms with E-state index in [4.69, 9.17) is 4.43 Å². The highest BCUT2D eigenvalue weighted by Crippen LogP contribution is 2.06. The molecule has 0 rings (SSSR count). The Hall–Kier alpha value is -0.833. The van der Waals surface area contributed by atoms with Crippen LogP contribution in [0.1, 0.15) is 6.92 Å². The Labute approximate surface area is 62.3 Å². The highest BCUT2D eigenvalue weighted by molar-refractivity contribution is 6.83. The van der Waals surface area contributed by atoms with Crippen molar-refractivity contribution in [2.75, 3.05) is 0 Å². The zero-order chi connectivity index (χ0) is 8.20. The van der Waals surface area contributed by atoms with Gasteiger partial charge in [0.25, 0.3) is 14.3 Å². The van der Waals surface area contributed by atoms with Crippen LogP contribution in [-0.2, 0) is 9.22 Å². The third kappa shape index (κ3) is 2.64. The van der Waals surface area contributed by atoms with E-state index in [1.165, 1.54) is 6.92 Å². The first-order valence-corrected chi connectivity index (χ1v) is 5.57. The van der Waals surface area contributed by atoms with Crippen LogP contribution < -0.4 is 0 Å². The second kappa shape index (κ2) is 3.36. The largest absolute Gasteiger partial charge is 0.512 e. The number of hydrogen-bond acceptors (Lipinski definition) is 2. The Balaban J connectivity index is 4.19. The topological polar surface area (TPSA) is 26.3 Å². The lowest BCUT2D eigenvalue weighted by Gasteiger charge is -2.17. The zero-order valence-electron chi connectivity index (χ0n) is 6.39. The average molecular weight is 156 g/mol. The van der Waals surface area contributed by atoms with Crippen molar-refractivity contribution >= 4 is 14.3 Å². The Kier molecular flexibility index (Phi) is 3.08. The van der Waals surface area contributed by atoms with Gasteiger partial charge in [-0.25, -0.2) is 0 Å². The van der Waals surface area contributed by atoms with Gasteiger partial charge in [-0.15, -0.1) is 13.2 Å². The third-order valence-corrected chi connectivity index (χ3v) is 3.52. The van der Waals surface area contributed by atoms with E-state index in [1.54, 1.807) is 11.4 Å². The van der Waals surface area contributed by atoms with E-state index in [0.29, 0.717) is 0 Å².